The fraction of sp³-hybridized carbons (Fsp3) is 0.478. The zero-order valence-electron chi connectivity index (χ0n) is 16.7. The van der Waals surface area contributed by atoms with Crippen molar-refractivity contribution in [3.8, 4) is 5.75 Å². The number of hydrogen-bond donors (Lipinski definition) is 0. The van der Waals surface area contributed by atoms with Crippen molar-refractivity contribution in [1.29, 1.82) is 0 Å². The summed E-state index contributed by atoms with van der Waals surface area (Å²) < 4.78 is 19.3. The molecule has 5 heteroatoms. The molecule has 2 heterocycles. The molecule has 4 nitrogen and oxygen atoms in total. The second-order valence-corrected chi connectivity index (χ2v) is 7.85. The third-order valence-electron chi connectivity index (χ3n) is 6.07. The van der Waals surface area contributed by atoms with Crippen LogP contribution in [0.2, 0.25) is 0 Å². The molecule has 0 spiro atoms. The van der Waals surface area contributed by atoms with Crippen LogP contribution in [-0.2, 0) is 6.54 Å². The summed E-state index contributed by atoms with van der Waals surface area (Å²) in [5, 5.41) is 0. The molecule has 2 saturated heterocycles. The second kappa shape index (κ2) is 8.93. The van der Waals surface area contributed by atoms with Crippen molar-refractivity contribution < 1.29 is 9.13 Å². The van der Waals surface area contributed by atoms with Gasteiger partial charge in [0.1, 0.15) is 11.6 Å². The average Bonchev–Trinajstić information content (AvgIpc) is 2.75. The fourth-order valence-corrected chi connectivity index (χ4v) is 4.50. The van der Waals surface area contributed by atoms with E-state index in [1.807, 2.05) is 24.3 Å². The van der Waals surface area contributed by atoms with Crippen molar-refractivity contribution in [2.75, 3.05) is 51.3 Å². The van der Waals surface area contributed by atoms with Crippen LogP contribution >= 0.6 is 0 Å². The van der Waals surface area contributed by atoms with Gasteiger partial charge >= 0.3 is 0 Å². The lowest BCUT2D eigenvalue weighted by Gasteiger charge is -2.44. The van der Waals surface area contributed by atoms with Crippen LogP contribution in [0.3, 0.4) is 0 Å². The number of likely N-dealkylation sites (tertiary alicyclic amines) is 1. The van der Waals surface area contributed by atoms with Crippen LogP contribution in [0, 0.1) is 5.82 Å². The van der Waals surface area contributed by atoms with Crippen molar-refractivity contribution >= 4 is 5.69 Å². The maximum absolute atomic E-state index is 14.1. The Labute approximate surface area is 167 Å². The van der Waals surface area contributed by atoms with E-state index in [2.05, 4.69) is 26.8 Å². The number of hydrogen-bond acceptors (Lipinski definition) is 4. The Morgan fingerprint density at radius 2 is 1.71 bits per heavy atom. The highest BCUT2D eigenvalue weighted by molar-refractivity contribution is 5.48. The van der Waals surface area contributed by atoms with Gasteiger partial charge < -0.3 is 9.64 Å². The summed E-state index contributed by atoms with van der Waals surface area (Å²) in [6.07, 6.45) is 2.51. The number of piperazine rings is 1. The summed E-state index contributed by atoms with van der Waals surface area (Å²) in [5.41, 5.74) is 2.08. The number of anilines is 1. The zero-order chi connectivity index (χ0) is 19.3. The molecule has 0 N–H and O–H groups in total. The van der Waals surface area contributed by atoms with E-state index in [1.165, 1.54) is 18.4 Å². The molecule has 2 aromatic rings. The van der Waals surface area contributed by atoms with Gasteiger partial charge in [-0.25, -0.2) is 4.39 Å². The normalized spacial score (nSPS) is 21.6. The molecule has 1 atom stereocenters. The first-order valence-corrected chi connectivity index (χ1v) is 10.3. The molecule has 0 bridgehead atoms. The first-order valence-electron chi connectivity index (χ1n) is 10.3. The van der Waals surface area contributed by atoms with Gasteiger partial charge in [-0.05, 0) is 49.2 Å². The number of ether oxygens (including phenoxy) is 1. The van der Waals surface area contributed by atoms with Gasteiger partial charge in [0, 0.05) is 45.3 Å². The maximum atomic E-state index is 14.1. The number of nitrogens with zero attached hydrogens (tertiary/aromatic N) is 3. The van der Waals surface area contributed by atoms with Crippen LogP contribution < -0.4 is 9.64 Å². The Morgan fingerprint density at radius 1 is 0.964 bits per heavy atom. The van der Waals surface area contributed by atoms with Gasteiger partial charge in [-0.15, -0.1) is 0 Å². The highest BCUT2D eigenvalue weighted by Crippen LogP contribution is 2.24. The predicted molar refractivity (Wildman–Crippen MR) is 111 cm³/mol. The topological polar surface area (TPSA) is 19.0 Å². The van der Waals surface area contributed by atoms with Crippen molar-refractivity contribution in [3.05, 3.63) is 59.9 Å². The molecule has 0 amide bonds. The van der Waals surface area contributed by atoms with Crippen LogP contribution in [-0.4, -0.2) is 62.2 Å². The molecule has 2 aliphatic heterocycles. The quantitative estimate of drug-likeness (QED) is 0.785. The van der Waals surface area contributed by atoms with Gasteiger partial charge in [0.15, 0.2) is 0 Å². The first-order chi connectivity index (χ1) is 13.7. The molecule has 0 aromatic heterocycles. The number of methoxy groups -OCH3 is 1. The van der Waals surface area contributed by atoms with Crippen molar-refractivity contribution in [2.45, 2.75) is 25.4 Å². The van der Waals surface area contributed by atoms with Crippen LogP contribution in [0.5, 0.6) is 5.75 Å². The van der Waals surface area contributed by atoms with E-state index in [0.29, 0.717) is 6.04 Å². The van der Waals surface area contributed by atoms with Gasteiger partial charge in [-0.2, -0.15) is 0 Å². The molecule has 28 heavy (non-hydrogen) atoms. The van der Waals surface area contributed by atoms with Crippen LogP contribution in [0.15, 0.2) is 48.5 Å². The monoisotopic (exact) mass is 383 g/mol. The third kappa shape index (κ3) is 4.47. The zero-order valence-corrected chi connectivity index (χ0v) is 16.7. The lowest BCUT2D eigenvalue weighted by Crippen LogP contribution is -2.55. The minimum atomic E-state index is -0.112. The Kier molecular flexibility index (Phi) is 6.13. The Balaban J connectivity index is 1.31. The molecular formula is C23H30FN3O. The van der Waals surface area contributed by atoms with E-state index in [1.54, 1.807) is 19.2 Å². The van der Waals surface area contributed by atoms with E-state index in [0.717, 1.165) is 57.3 Å². The summed E-state index contributed by atoms with van der Waals surface area (Å²) in [6, 6.07) is 16.1. The molecule has 0 aliphatic carbocycles. The number of benzene rings is 2. The van der Waals surface area contributed by atoms with E-state index in [4.69, 9.17) is 4.74 Å². The number of para-hydroxylation sites is 1. The third-order valence-corrected chi connectivity index (χ3v) is 6.07. The molecule has 150 valence electrons. The smallest absolute Gasteiger partial charge is 0.146 e. The summed E-state index contributed by atoms with van der Waals surface area (Å²) in [6.45, 7) is 7.09. The summed E-state index contributed by atoms with van der Waals surface area (Å²) in [5.74, 6) is 0.798. The fourth-order valence-electron chi connectivity index (χ4n) is 4.50. The average molecular weight is 384 g/mol. The van der Waals surface area contributed by atoms with Crippen LogP contribution in [0.1, 0.15) is 18.4 Å². The molecule has 0 saturated carbocycles. The molecular weight excluding hydrogens is 353 g/mol. The Bertz CT molecular complexity index is 759. The Morgan fingerprint density at radius 3 is 2.43 bits per heavy atom. The Hall–Kier alpha value is -2.11. The number of piperidine rings is 1. The maximum Gasteiger partial charge on any atom is 0.146 e. The lowest BCUT2D eigenvalue weighted by atomic mass is 10.0. The minimum Gasteiger partial charge on any atom is -0.497 e. The van der Waals surface area contributed by atoms with Gasteiger partial charge in [-0.1, -0.05) is 24.3 Å². The number of rotatable bonds is 5. The molecule has 2 fully saturated rings. The first kappa shape index (κ1) is 19.2. The van der Waals surface area contributed by atoms with Crippen LogP contribution in [0.4, 0.5) is 10.1 Å². The van der Waals surface area contributed by atoms with Crippen LogP contribution in [0.25, 0.3) is 0 Å². The van der Waals surface area contributed by atoms with Crippen molar-refractivity contribution in [3.63, 3.8) is 0 Å². The predicted octanol–water partition coefficient (Wildman–Crippen LogP) is 3.62. The SMILES string of the molecule is COc1ccc(CN2CCC[C@H](N3CCN(c4ccccc4F)CC3)C2)cc1. The minimum absolute atomic E-state index is 0.112. The van der Waals surface area contributed by atoms with Gasteiger partial charge in [0.25, 0.3) is 0 Å². The lowest BCUT2D eigenvalue weighted by molar-refractivity contribution is 0.0887. The molecule has 2 aliphatic rings. The number of halogens is 1. The summed E-state index contributed by atoms with van der Waals surface area (Å²) in [7, 11) is 1.70. The van der Waals surface area contributed by atoms with Crippen molar-refractivity contribution in [1.82, 2.24) is 9.80 Å². The highest BCUT2D eigenvalue weighted by atomic mass is 19.1. The summed E-state index contributed by atoms with van der Waals surface area (Å²) >= 11 is 0. The molecule has 2 aromatic carbocycles. The highest BCUT2D eigenvalue weighted by Gasteiger charge is 2.28. The second-order valence-electron chi connectivity index (χ2n) is 7.85. The van der Waals surface area contributed by atoms with Gasteiger partial charge in [-0.3, -0.25) is 9.80 Å². The van der Waals surface area contributed by atoms with Gasteiger partial charge in [0.05, 0.1) is 12.8 Å². The molecule has 4 rings (SSSR count). The van der Waals surface area contributed by atoms with E-state index < -0.39 is 0 Å². The largest absolute Gasteiger partial charge is 0.497 e. The van der Waals surface area contributed by atoms with E-state index in [-0.39, 0.29) is 5.82 Å². The molecule has 0 unspecified atom stereocenters. The van der Waals surface area contributed by atoms with E-state index >= 15 is 0 Å². The molecule has 0 radical (unpaired) electrons. The van der Waals surface area contributed by atoms with Crippen molar-refractivity contribution in [2.24, 2.45) is 0 Å². The van der Waals surface area contributed by atoms with E-state index in [9.17, 15) is 4.39 Å². The van der Waals surface area contributed by atoms with Gasteiger partial charge in [0.2, 0.25) is 0 Å². The summed E-state index contributed by atoms with van der Waals surface area (Å²) in [4.78, 5) is 7.36. The standard InChI is InChI=1S/C23H30FN3O/c1-28-21-10-8-19(9-11-21)17-25-12-4-5-20(18-25)26-13-15-27(16-14-26)23-7-3-2-6-22(23)24/h2-3,6-11,20H,4-5,12-18H2,1H3/t20-/m0/s1.